The summed E-state index contributed by atoms with van der Waals surface area (Å²) in [4.78, 5) is 17.0. The Balaban J connectivity index is 1.37. The summed E-state index contributed by atoms with van der Waals surface area (Å²) < 4.78 is 0. The molecule has 1 saturated carbocycles. The van der Waals surface area contributed by atoms with Crippen molar-refractivity contribution in [1.82, 2.24) is 10.2 Å². The highest BCUT2D eigenvalue weighted by molar-refractivity contribution is 5.81. The number of nitrogens with zero attached hydrogens (tertiary/aromatic N) is 2. The molecule has 2 fully saturated rings. The number of nitrogens with one attached hydrogen (secondary N) is 1. The van der Waals surface area contributed by atoms with E-state index in [-0.39, 0.29) is 17.9 Å². The Hall–Kier alpha value is -1.55. The molecule has 0 spiro atoms. The van der Waals surface area contributed by atoms with E-state index in [0.717, 1.165) is 45.6 Å². The predicted octanol–water partition coefficient (Wildman–Crippen LogP) is 2.67. The molecule has 1 saturated heterocycles. The molecule has 4 nitrogen and oxygen atoms in total. The average Bonchev–Trinajstić information content (AvgIpc) is 3.30. The van der Waals surface area contributed by atoms with Crippen molar-refractivity contribution >= 4 is 11.6 Å². The predicted molar refractivity (Wildman–Crippen MR) is 99.3 cm³/mol. The normalized spacial score (nSPS) is 25.4. The van der Waals surface area contributed by atoms with Gasteiger partial charge < -0.3 is 10.2 Å². The number of aryl methyl sites for hydroxylation is 1. The van der Waals surface area contributed by atoms with Gasteiger partial charge in [-0.15, -0.1) is 0 Å². The van der Waals surface area contributed by atoms with E-state index in [0.29, 0.717) is 5.92 Å². The van der Waals surface area contributed by atoms with Crippen molar-refractivity contribution in [2.45, 2.75) is 39.7 Å². The van der Waals surface area contributed by atoms with E-state index in [1.54, 1.807) is 0 Å². The molecular formula is C20H31N3O. The zero-order valence-electron chi connectivity index (χ0n) is 15.3. The fraction of sp³-hybridized carbons (Fsp3) is 0.650. The second-order valence-electron chi connectivity index (χ2n) is 7.69. The second-order valence-corrected chi connectivity index (χ2v) is 7.69. The van der Waals surface area contributed by atoms with Gasteiger partial charge in [0.15, 0.2) is 0 Å². The number of benzene rings is 1. The van der Waals surface area contributed by atoms with Gasteiger partial charge in [-0.25, -0.2) is 0 Å². The quantitative estimate of drug-likeness (QED) is 0.871. The molecule has 1 heterocycles. The minimum absolute atomic E-state index is 0.263. The van der Waals surface area contributed by atoms with Crippen LogP contribution in [0, 0.1) is 18.8 Å². The summed E-state index contributed by atoms with van der Waals surface area (Å²) in [6.07, 6.45) is 2.11. The number of piperazine rings is 1. The van der Waals surface area contributed by atoms with E-state index in [2.05, 4.69) is 60.2 Å². The zero-order valence-corrected chi connectivity index (χ0v) is 15.3. The topological polar surface area (TPSA) is 35.6 Å². The van der Waals surface area contributed by atoms with E-state index in [1.165, 1.54) is 11.3 Å². The summed E-state index contributed by atoms with van der Waals surface area (Å²) in [7, 11) is 0. The molecule has 1 aromatic rings. The molecule has 0 bridgehead atoms. The third kappa shape index (κ3) is 4.50. The van der Waals surface area contributed by atoms with Gasteiger partial charge in [-0.05, 0) is 50.3 Å². The number of rotatable bonds is 6. The van der Waals surface area contributed by atoms with Crippen LogP contribution in [-0.2, 0) is 4.79 Å². The minimum Gasteiger partial charge on any atom is -0.369 e. The number of carbonyl (C=O) groups is 1. The lowest BCUT2D eigenvalue weighted by atomic mass is 10.1. The number of hydrogen-bond donors (Lipinski definition) is 1. The van der Waals surface area contributed by atoms with Gasteiger partial charge in [0.25, 0.3) is 0 Å². The molecule has 0 radical (unpaired) electrons. The highest BCUT2D eigenvalue weighted by Gasteiger charge is 2.39. The largest absolute Gasteiger partial charge is 0.369 e. The molecule has 0 aromatic heterocycles. The van der Waals surface area contributed by atoms with Crippen LogP contribution >= 0.6 is 0 Å². The van der Waals surface area contributed by atoms with E-state index in [1.807, 2.05) is 0 Å². The average molecular weight is 329 g/mol. The Kier molecular flexibility index (Phi) is 5.44. The van der Waals surface area contributed by atoms with Crippen molar-refractivity contribution in [3.05, 3.63) is 29.8 Å². The van der Waals surface area contributed by atoms with Gasteiger partial charge >= 0.3 is 0 Å². The molecule has 4 heteroatoms. The Morgan fingerprint density at radius 2 is 2.00 bits per heavy atom. The maximum atomic E-state index is 12.0. The first-order valence-corrected chi connectivity index (χ1v) is 9.37. The molecule has 1 aliphatic carbocycles. The van der Waals surface area contributed by atoms with Gasteiger partial charge in [-0.1, -0.05) is 19.1 Å². The molecule has 3 atom stereocenters. The van der Waals surface area contributed by atoms with Gasteiger partial charge in [0, 0.05) is 50.4 Å². The van der Waals surface area contributed by atoms with Crippen LogP contribution in [0.2, 0.25) is 0 Å². The van der Waals surface area contributed by atoms with Crippen molar-refractivity contribution in [3.8, 4) is 0 Å². The maximum absolute atomic E-state index is 12.0. The Morgan fingerprint density at radius 3 is 2.62 bits per heavy atom. The summed E-state index contributed by atoms with van der Waals surface area (Å²) in [6, 6.07) is 9.05. The zero-order chi connectivity index (χ0) is 17.1. The summed E-state index contributed by atoms with van der Waals surface area (Å²) in [6.45, 7) is 11.9. The van der Waals surface area contributed by atoms with E-state index < -0.39 is 0 Å². The van der Waals surface area contributed by atoms with Gasteiger partial charge in [0.2, 0.25) is 5.91 Å². The third-order valence-corrected chi connectivity index (χ3v) is 5.45. The Bertz CT molecular complexity index is 566. The Labute approximate surface area is 146 Å². The van der Waals surface area contributed by atoms with Crippen LogP contribution < -0.4 is 10.2 Å². The molecule has 3 unspecified atom stereocenters. The number of amides is 1. The van der Waals surface area contributed by atoms with Crippen molar-refractivity contribution in [2.75, 3.05) is 37.6 Å². The fourth-order valence-electron chi connectivity index (χ4n) is 3.54. The van der Waals surface area contributed by atoms with Crippen LogP contribution in [0.4, 0.5) is 5.69 Å². The van der Waals surface area contributed by atoms with Crippen LogP contribution in [0.15, 0.2) is 24.3 Å². The summed E-state index contributed by atoms with van der Waals surface area (Å²) in [5, 5.41) is 3.18. The van der Waals surface area contributed by atoms with Crippen molar-refractivity contribution in [3.63, 3.8) is 0 Å². The van der Waals surface area contributed by atoms with Crippen LogP contribution in [0.1, 0.15) is 32.3 Å². The molecule has 1 aliphatic heterocycles. The van der Waals surface area contributed by atoms with Gasteiger partial charge in [0.05, 0.1) is 0 Å². The summed E-state index contributed by atoms with van der Waals surface area (Å²) >= 11 is 0. The van der Waals surface area contributed by atoms with E-state index in [9.17, 15) is 4.79 Å². The maximum Gasteiger partial charge on any atom is 0.223 e. The van der Waals surface area contributed by atoms with Crippen LogP contribution in [0.3, 0.4) is 0 Å². The molecular weight excluding hydrogens is 298 g/mol. The van der Waals surface area contributed by atoms with Crippen molar-refractivity contribution in [1.29, 1.82) is 0 Å². The van der Waals surface area contributed by atoms with E-state index in [4.69, 9.17) is 0 Å². The summed E-state index contributed by atoms with van der Waals surface area (Å²) in [5.41, 5.74) is 2.67. The van der Waals surface area contributed by atoms with Gasteiger partial charge in [-0.2, -0.15) is 0 Å². The third-order valence-electron chi connectivity index (χ3n) is 5.45. The number of carbonyl (C=O) groups excluding carboxylic acids is 1. The standard InChI is InChI=1S/C20H31N3O/c1-15-5-4-6-18(13-15)23-11-9-22(10-12-23)8-7-17(3)21-20(24)19-14-16(19)2/h4-6,13,16-17,19H,7-12,14H2,1-3H3,(H,21,24). The minimum atomic E-state index is 0.263. The first-order valence-electron chi connectivity index (χ1n) is 9.37. The lowest BCUT2D eigenvalue weighted by Crippen LogP contribution is -2.47. The van der Waals surface area contributed by atoms with E-state index >= 15 is 0 Å². The number of hydrogen-bond acceptors (Lipinski definition) is 3. The SMILES string of the molecule is Cc1cccc(N2CCN(CCC(C)NC(=O)C3CC3C)CC2)c1. The Morgan fingerprint density at radius 1 is 1.29 bits per heavy atom. The molecule has 24 heavy (non-hydrogen) atoms. The molecule has 1 amide bonds. The van der Waals surface area contributed by atoms with Crippen molar-refractivity contribution < 1.29 is 4.79 Å². The summed E-state index contributed by atoms with van der Waals surface area (Å²) in [5.74, 6) is 1.14. The second kappa shape index (κ2) is 7.56. The van der Waals surface area contributed by atoms with Crippen LogP contribution in [-0.4, -0.2) is 49.6 Å². The van der Waals surface area contributed by atoms with Crippen LogP contribution in [0.5, 0.6) is 0 Å². The lowest BCUT2D eigenvalue weighted by molar-refractivity contribution is -0.123. The highest BCUT2D eigenvalue weighted by atomic mass is 16.2. The highest BCUT2D eigenvalue weighted by Crippen LogP contribution is 2.37. The lowest BCUT2D eigenvalue weighted by Gasteiger charge is -2.36. The van der Waals surface area contributed by atoms with Gasteiger partial charge in [0.1, 0.15) is 0 Å². The molecule has 1 aromatic carbocycles. The first-order chi connectivity index (χ1) is 11.5. The van der Waals surface area contributed by atoms with Crippen LogP contribution in [0.25, 0.3) is 0 Å². The van der Waals surface area contributed by atoms with Crippen molar-refractivity contribution in [2.24, 2.45) is 11.8 Å². The molecule has 1 N–H and O–H groups in total. The van der Waals surface area contributed by atoms with Gasteiger partial charge in [-0.3, -0.25) is 9.69 Å². The fourth-order valence-corrected chi connectivity index (χ4v) is 3.54. The molecule has 3 rings (SSSR count). The molecule has 132 valence electrons. The number of anilines is 1. The first kappa shape index (κ1) is 17.3. The smallest absolute Gasteiger partial charge is 0.223 e. The molecule has 2 aliphatic rings. The monoisotopic (exact) mass is 329 g/mol.